The van der Waals surface area contributed by atoms with Crippen LogP contribution < -0.4 is 20.1 Å². The van der Waals surface area contributed by atoms with Gasteiger partial charge < -0.3 is 29.7 Å². The Labute approximate surface area is 233 Å². The zero-order chi connectivity index (χ0) is 26.6. The minimum atomic E-state index is 0.186. The summed E-state index contributed by atoms with van der Waals surface area (Å²) in [7, 11) is 5.28. The Balaban J connectivity index is 1.55. The largest absolute Gasteiger partial charge is 0.495 e. The maximum atomic E-state index is 6.74. The van der Waals surface area contributed by atoms with Gasteiger partial charge in [-0.15, -0.1) is 0 Å². The normalized spacial score (nSPS) is 18.9. The molecule has 2 aliphatic rings. The lowest BCUT2D eigenvalue weighted by Gasteiger charge is -2.29. The van der Waals surface area contributed by atoms with Crippen LogP contribution in [0.2, 0.25) is 10.0 Å². The highest BCUT2D eigenvalue weighted by molar-refractivity contribution is 6.41. The number of hydrogen-bond donors (Lipinski definition) is 2. The number of pyridine rings is 1. The Hall–Kier alpha value is -2.59. The molecule has 1 unspecified atom stereocenters. The van der Waals surface area contributed by atoms with Crippen molar-refractivity contribution < 1.29 is 14.2 Å². The number of anilines is 2. The van der Waals surface area contributed by atoms with Crippen LogP contribution >= 0.6 is 23.2 Å². The summed E-state index contributed by atoms with van der Waals surface area (Å²) in [5.41, 5.74) is 1.86. The van der Waals surface area contributed by atoms with E-state index in [1.165, 1.54) is 0 Å². The lowest BCUT2D eigenvalue weighted by molar-refractivity contribution is 0.0874. The number of fused-ring (bicyclic) bond motifs is 1. The Bertz CT molecular complexity index is 1250. The second-order valence-corrected chi connectivity index (χ2v) is 10.7. The number of methoxy groups -OCH3 is 2. The van der Waals surface area contributed by atoms with Crippen LogP contribution in [0, 0.1) is 5.92 Å². The average Bonchev–Trinajstić information content (AvgIpc) is 2.93. The van der Waals surface area contributed by atoms with Crippen molar-refractivity contribution in [2.24, 2.45) is 5.92 Å². The van der Waals surface area contributed by atoms with Crippen LogP contribution in [-0.4, -0.2) is 80.0 Å². The summed E-state index contributed by atoms with van der Waals surface area (Å²) in [6, 6.07) is 3.76. The van der Waals surface area contributed by atoms with Crippen LogP contribution in [0.3, 0.4) is 0 Å². The van der Waals surface area contributed by atoms with Crippen LogP contribution in [-0.2, 0) is 4.74 Å². The second-order valence-electron chi connectivity index (χ2n) is 9.96. The van der Waals surface area contributed by atoms with Gasteiger partial charge in [0, 0.05) is 36.4 Å². The Morgan fingerprint density at radius 1 is 1.05 bits per heavy atom. The molecule has 2 aromatic heterocycles. The maximum Gasteiger partial charge on any atom is 0.223 e. The molecule has 0 amide bonds. The molecule has 5 rings (SSSR count). The molecule has 1 aromatic carbocycles. The first-order chi connectivity index (χ1) is 18.5. The van der Waals surface area contributed by atoms with Gasteiger partial charge in [-0.25, -0.2) is 15.0 Å². The molecule has 0 spiro atoms. The van der Waals surface area contributed by atoms with Crippen LogP contribution in [0.25, 0.3) is 22.2 Å². The van der Waals surface area contributed by atoms with E-state index < -0.39 is 0 Å². The van der Waals surface area contributed by atoms with E-state index in [1.807, 2.05) is 6.07 Å². The topological polar surface area (TPSA) is 93.7 Å². The number of rotatable bonds is 8. The fourth-order valence-corrected chi connectivity index (χ4v) is 5.71. The SMILES string of the molecule is COc1cc(OC)c(Cl)c(-c2cc3cnc(NC4CCCOC4)nc3c(NCC3CCN(C)CC3)n2)c1Cl. The molecule has 3 aromatic rings. The van der Waals surface area contributed by atoms with Crippen molar-refractivity contribution in [3.63, 3.8) is 0 Å². The van der Waals surface area contributed by atoms with Crippen LogP contribution in [0.5, 0.6) is 11.5 Å². The van der Waals surface area contributed by atoms with E-state index in [0.29, 0.717) is 57.1 Å². The van der Waals surface area contributed by atoms with E-state index in [-0.39, 0.29) is 6.04 Å². The molecule has 2 fully saturated rings. The number of likely N-dealkylation sites (tertiary alicyclic amines) is 1. The van der Waals surface area contributed by atoms with Crippen molar-refractivity contribution >= 4 is 45.9 Å². The lowest BCUT2D eigenvalue weighted by atomic mass is 9.97. The monoisotopic (exact) mass is 560 g/mol. The summed E-state index contributed by atoms with van der Waals surface area (Å²) in [6.07, 6.45) is 6.11. The van der Waals surface area contributed by atoms with Gasteiger partial charge in [-0.2, -0.15) is 0 Å². The molecule has 38 heavy (non-hydrogen) atoms. The number of hydrogen-bond acceptors (Lipinski definition) is 9. The smallest absolute Gasteiger partial charge is 0.223 e. The number of piperidine rings is 1. The standard InChI is InChI=1S/C27H34Cl2N6O3/c1-35-8-6-16(7-9-35)13-30-26-25-17(14-31-27(34-25)32-18-5-4-10-38-15-18)11-19(33-26)22-23(28)20(36-2)12-21(37-3)24(22)29/h11-12,14,16,18H,4-10,13,15H2,1-3H3,(H,30,33)(H,31,32,34). The van der Waals surface area contributed by atoms with Crippen molar-refractivity contribution in [1.82, 2.24) is 19.9 Å². The third kappa shape index (κ3) is 5.86. The first-order valence-corrected chi connectivity index (χ1v) is 13.8. The van der Waals surface area contributed by atoms with E-state index in [9.17, 15) is 0 Å². The van der Waals surface area contributed by atoms with Gasteiger partial charge in [0.2, 0.25) is 5.95 Å². The first-order valence-electron chi connectivity index (χ1n) is 13.0. The van der Waals surface area contributed by atoms with Gasteiger partial charge in [-0.1, -0.05) is 23.2 Å². The predicted octanol–water partition coefficient (Wildman–Crippen LogP) is 5.36. The fourth-order valence-electron chi connectivity index (χ4n) is 5.02. The van der Waals surface area contributed by atoms with E-state index in [0.717, 1.165) is 62.8 Å². The van der Waals surface area contributed by atoms with Gasteiger partial charge in [0.05, 0.1) is 42.6 Å². The van der Waals surface area contributed by atoms with E-state index in [1.54, 1.807) is 26.5 Å². The number of ether oxygens (including phenoxy) is 3. The number of benzene rings is 1. The maximum absolute atomic E-state index is 6.74. The molecule has 204 valence electrons. The van der Waals surface area contributed by atoms with Gasteiger partial charge in [-0.05, 0) is 57.8 Å². The molecule has 9 nitrogen and oxygen atoms in total. The molecule has 2 saturated heterocycles. The van der Waals surface area contributed by atoms with Crippen molar-refractivity contribution in [2.45, 2.75) is 31.7 Å². The molecular weight excluding hydrogens is 527 g/mol. The minimum absolute atomic E-state index is 0.186. The highest BCUT2D eigenvalue weighted by atomic mass is 35.5. The molecule has 2 N–H and O–H groups in total. The number of nitrogens with one attached hydrogen (secondary N) is 2. The van der Waals surface area contributed by atoms with Crippen molar-refractivity contribution in [1.29, 1.82) is 0 Å². The molecule has 0 bridgehead atoms. The summed E-state index contributed by atoms with van der Waals surface area (Å²) >= 11 is 13.5. The summed E-state index contributed by atoms with van der Waals surface area (Å²) in [6.45, 7) is 4.43. The summed E-state index contributed by atoms with van der Waals surface area (Å²) < 4.78 is 16.6. The molecular formula is C27H34Cl2N6O3. The minimum Gasteiger partial charge on any atom is -0.495 e. The van der Waals surface area contributed by atoms with Gasteiger partial charge in [0.25, 0.3) is 0 Å². The highest BCUT2D eigenvalue weighted by Crippen LogP contribution is 2.46. The van der Waals surface area contributed by atoms with E-state index in [4.69, 9.17) is 47.4 Å². The highest BCUT2D eigenvalue weighted by Gasteiger charge is 2.23. The molecule has 1 atom stereocenters. The van der Waals surface area contributed by atoms with Crippen LogP contribution in [0.15, 0.2) is 18.3 Å². The molecule has 4 heterocycles. The Kier molecular flexibility index (Phi) is 8.57. The van der Waals surface area contributed by atoms with E-state index in [2.05, 4.69) is 27.6 Å². The lowest BCUT2D eigenvalue weighted by Crippen LogP contribution is -2.33. The molecule has 2 aliphatic heterocycles. The first kappa shape index (κ1) is 27.0. The van der Waals surface area contributed by atoms with Gasteiger partial charge >= 0.3 is 0 Å². The Morgan fingerprint density at radius 2 is 1.79 bits per heavy atom. The fraction of sp³-hybridized carbons (Fsp3) is 0.519. The van der Waals surface area contributed by atoms with Gasteiger partial charge in [-0.3, -0.25) is 0 Å². The predicted molar refractivity (Wildman–Crippen MR) is 152 cm³/mol. The number of halogens is 2. The third-order valence-electron chi connectivity index (χ3n) is 7.29. The summed E-state index contributed by atoms with van der Waals surface area (Å²) in [5, 5.41) is 8.56. The average molecular weight is 562 g/mol. The molecule has 0 aliphatic carbocycles. The van der Waals surface area contributed by atoms with Gasteiger partial charge in [0.1, 0.15) is 17.0 Å². The Morgan fingerprint density at radius 3 is 2.45 bits per heavy atom. The zero-order valence-electron chi connectivity index (χ0n) is 22.0. The van der Waals surface area contributed by atoms with Crippen molar-refractivity contribution in [2.75, 3.05) is 64.7 Å². The molecule has 0 saturated carbocycles. The number of nitrogens with zero attached hydrogens (tertiary/aromatic N) is 4. The summed E-state index contributed by atoms with van der Waals surface area (Å²) in [4.78, 5) is 16.8. The molecule has 0 radical (unpaired) electrons. The van der Waals surface area contributed by atoms with Crippen LogP contribution in [0.1, 0.15) is 25.7 Å². The quantitative estimate of drug-likeness (QED) is 0.377. The van der Waals surface area contributed by atoms with Gasteiger partial charge in [0.15, 0.2) is 5.82 Å². The van der Waals surface area contributed by atoms with E-state index >= 15 is 0 Å². The van der Waals surface area contributed by atoms with Crippen molar-refractivity contribution in [3.8, 4) is 22.8 Å². The molecule has 11 heteroatoms. The zero-order valence-corrected chi connectivity index (χ0v) is 23.5. The second kappa shape index (κ2) is 12.1. The third-order valence-corrected chi connectivity index (χ3v) is 8.04. The number of aromatic nitrogens is 3. The summed E-state index contributed by atoms with van der Waals surface area (Å²) in [5.74, 6) is 2.68. The van der Waals surface area contributed by atoms with Crippen LogP contribution in [0.4, 0.5) is 11.8 Å². The van der Waals surface area contributed by atoms with Crippen molar-refractivity contribution in [3.05, 3.63) is 28.4 Å².